The van der Waals surface area contributed by atoms with Gasteiger partial charge in [-0.05, 0) is 11.1 Å². The minimum atomic E-state index is -1.99. The van der Waals surface area contributed by atoms with Crippen LogP contribution >= 0.6 is 0 Å². The number of hydrogen-bond donors (Lipinski definition) is 4. The van der Waals surface area contributed by atoms with Crippen molar-refractivity contribution in [3.05, 3.63) is 71.8 Å². The highest BCUT2D eigenvalue weighted by atomic mass is 16.7. The fourth-order valence-electron chi connectivity index (χ4n) is 6.28. The van der Waals surface area contributed by atoms with Crippen molar-refractivity contribution in [3.63, 3.8) is 0 Å². The Morgan fingerprint density at radius 2 is 1.15 bits per heavy atom. The number of oxime groups is 1. The van der Waals surface area contributed by atoms with Gasteiger partial charge in [0.25, 0.3) is 0 Å². The van der Waals surface area contributed by atoms with Gasteiger partial charge < -0.3 is 63.5 Å². The number of amides is 2. The van der Waals surface area contributed by atoms with Gasteiger partial charge in [0.15, 0.2) is 17.9 Å². The molecule has 0 radical (unpaired) electrons. The van der Waals surface area contributed by atoms with Crippen LogP contribution in [0, 0.1) is 0 Å². The van der Waals surface area contributed by atoms with E-state index in [9.17, 15) is 44.5 Å². The van der Waals surface area contributed by atoms with E-state index >= 15 is 0 Å². The number of esters is 3. The van der Waals surface area contributed by atoms with Crippen molar-refractivity contribution in [1.29, 1.82) is 0 Å². The Kier molecular flexibility index (Phi) is 14.9. The first-order valence-corrected chi connectivity index (χ1v) is 17.1. The minimum absolute atomic E-state index is 0.183. The highest BCUT2D eigenvalue weighted by Gasteiger charge is 2.57. The average molecular weight is 776 g/mol. The summed E-state index contributed by atoms with van der Waals surface area (Å²) in [4.78, 5) is 64.4. The second-order valence-corrected chi connectivity index (χ2v) is 12.8. The molecule has 1 aliphatic carbocycles. The summed E-state index contributed by atoms with van der Waals surface area (Å²) in [7, 11) is 2.41. The zero-order chi connectivity index (χ0) is 40.4. The van der Waals surface area contributed by atoms with Crippen molar-refractivity contribution in [2.24, 2.45) is 5.16 Å². The number of aliphatic hydroxyl groups excluding tert-OH is 3. The van der Waals surface area contributed by atoms with Gasteiger partial charge in [0.05, 0.1) is 12.1 Å². The Morgan fingerprint density at radius 1 is 0.673 bits per heavy atom. The molecule has 1 saturated heterocycles. The molecule has 2 fully saturated rings. The van der Waals surface area contributed by atoms with Crippen LogP contribution in [0.5, 0.6) is 0 Å². The Bertz CT molecular complexity index is 1590. The molecule has 19 nitrogen and oxygen atoms in total. The molecule has 1 heterocycles. The quantitative estimate of drug-likeness (QED) is 0.100. The molecule has 0 bridgehead atoms. The van der Waals surface area contributed by atoms with E-state index in [1.165, 1.54) is 14.1 Å². The Balaban J connectivity index is 1.70. The van der Waals surface area contributed by atoms with Crippen LogP contribution < -0.4 is 0 Å². The molecule has 1 aliphatic heterocycles. The van der Waals surface area contributed by atoms with Crippen molar-refractivity contribution < 1.29 is 77.7 Å². The first-order valence-electron chi connectivity index (χ1n) is 17.1. The number of aliphatic hydroxyl groups is 3. The second-order valence-electron chi connectivity index (χ2n) is 12.8. The lowest BCUT2D eigenvalue weighted by molar-refractivity contribution is -0.268. The summed E-state index contributed by atoms with van der Waals surface area (Å²) >= 11 is 0. The summed E-state index contributed by atoms with van der Waals surface area (Å²) in [5, 5.41) is 48.5. The van der Waals surface area contributed by atoms with Crippen molar-refractivity contribution >= 4 is 35.8 Å². The molecule has 8 atom stereocenters. The van der Waals surface area contributed by atoms with Crippen LogP contribution in [0.1, 0.15) is 31.9 Å². The Labute approximate surface area is 315 Å². The third kappa shape index (κ3) is 10.7. The van der Waals surface area contributed by atoms with Gasteiger partial charge in [-0.3, -0.25) is 14.4 Å². The van der Waals surface area contributed by atoms with Crippen molar-refractivity contribution in [3.8, 4) is 0 Å². The summed E-state index contributed by atoms with van der Waals surface area (Å²) in [6.07, 6.45) is -16.4. The SMILES string of the molecule is CC(=O)OCC1OC(OC2C(O)C(N(C)C(=O)OCc3ccccc3)C(O)C(N(C)C(=O)OCc3ccccc3)C2O)C(=NO)C(OC(C)=O)C1OC(C)=O. The predicted octanol–water partition coefficient (Wildman–Crippen LogP) is 0.724. The summed E-state index contributed by atoms with van der Waals surface area (Å²) in [6, 6.07) is 14.0. The number of carbonyl (C=O) groups excluding carboxylic acids is 5. The highest BCUT2D eigenvalue weighted by molar-refractivity contribution is 5.94. The molecule has 55 heavy (non-hydrogen) atoms. The van der Waals surface area contributed by atoms with E-state index in [2.05, 4.69) is 5.16 Å². The number of hydrogen-bond acceptors (Lipinski definition) is 17. The van der Waals surface area contributed by atoms with E-state index in [0.717, 1.165) is 30.6 Å². The molecule has 2 aromatic rings. The van der Waals surface area contributed by atoms with Gasteiger partial charge in [0, 0.05) is 34.9 Å². The van der Waals surface area contributed by atoms with Crippen LogP contribution in [-0.4, -0.2) is 148 Å². The van der Waals surface area contributed by atoms with Crippen LogP contribution in [0.25, 0.3) is 0 Å². The molecule has 1 saturated carbocycles. The number of carbonyl (C=O) groups is 5. The third-order valence-corrected chi connectivity index (χ3v) is 8.89. The second kappa shape index (κ2) is 19.3. The molecule has 19 heteroatoms. The van der Waals surface area contributed by atoms with E-state index in [0.29, 0.717) is 11.1 Å². The molecule has 2 amide bonds. The van der Waals surface area contributed by atoms with E-state index in [4.69, 9.17) is 33.2 Å². The third-order valence-electron chi connectivity index (χ3n) is 8.89. The molecule has 4 rings (SSSR count). The lowest BCUT2D eigenvalue weighted by Gasteiger charge is -2.51. The molecule has 8 unspecified atom stereocenters. The van der Waals surface area contributed by atoms with Crippen LogP contribution in [-0.2, 0) is 60.8 Å². The number of nitrogens with zero attached hydrogens (tertiary/aromatic N) is 3. The maximum Gasteiger partial charge on any atom is 0.410 e. The zero-order valence-electron chi connectivity index (χ0n) is 30.7. The van der Waals surface area contributed by atoms with Crippen LogP contribution in [0.15, 0.2) is 65.8 Å². The standard InChI is InChI=1S/C36H45N3O16/c1-19(40)49-18-24-31(52-20(2)41)32(53-21(3)42)25(37-48)34(54-24)55-33-29(44)26(38(4)35(46)50-16-22-12-8-6-9-13-22)28(43)27(30(33)45)39(5)36(47)51-17-23-14-10-7-11-15-23/h6-15,24,26-34,43-45,48H,16-18H2,1-5H3. The van der Waals surface area contributed by atoms with Gasteiger partial charge in [0.1, 0.15) is 50.3 Å². The van der Waals surface area contributed by atoms with E-state index in [1.807, 2.05) is 0 Å². The number of likely N-dealkylation sites (N-methyl/N-ethyl adjacent to an activating group) is 2. The monoisotopic (exact) mass is 775 g/mol. The molecule has 0 spiro atoms. The van der Waals surface area contributed by atoms with Crippen molar-refractivity contribution in [2.45, 2.75) is 95.1 Å². The number of benzene rings is 2. The Morgan fingerprint density at radius 3 is 1.56 bits per heavy atom. The van der Waals surface area contributed by atoms with E-state index in [1.54, 1.807) is 60.7 Å². The number of ether oxygens (including phenoxy) is 7. The van der Waals surface area contributed by atoms with Crippen molar-refractivity contribution in [2.75, 3.05) is 20.7 Å². The molecular formula is C36H45N3O16. The highest BCUT2D eigenvalue weighted by Crippen LogP contribution is 2.34. The summed E-state index contributed by atoms with van der Waals surface area (Å²) in [6.45, 7) is 2.17. The lowest BCUT2D eigenvalue weighted by atomic mass is 9.80. The van der Waals surface area contributed by atoms with Crippen LogP contribution in [0.4, 0.5) is 9.59 Å². The molecule has 4 N–H and O–H groups in total. The normalized spacial score (nSPS) is 28.3. The van der Waals surface area contributed by atoms with Gasteiger partial charge in [-0.1, -0.05) is 65.8 Å². The maximum absolute atomic E-state index is 13.4. The van der Waals surface area contributed by atoms with Gasteiger partial charge >= 0.3 is 30.1 Å². The molecule has 2 aromatic carbocycles. The van der Waals surface area contributed by atoms with Gasteiger partial charge in [0.2, 0.25) is 6.29 Å². The first kappa shape index (κ1) is 42.4. The lowest BCUT2D eigenvalue weighted by Crippen LogP contribution is -2.73. The van der Waals surface area contributed by atoms with Crippen LogP contribution in [0.2, 0.25) is 0 Å². The average Bonchev–Trinajstić information content (AvgIpc) is 3.15. The fraction of sp³-hybridized carbons (Fsp3) is 0.500. The van der Waals surface area contributed by atoms with Crippen molar-refractivity contribution in [1.82, 2.24) is 9.80 Å². The van der Waals surface area contributed by atoms with Gasteiger partial charge in [-0.2, -0.15) is 0 Å². The largest absolute Gasteiger partial charge is 0.463 e. The molecule has 2 aliphatic rings. The first-order chi connectivity index (χ1) is 26.1. The number of rotatable bonds is 12. The molecule has 0 aromatic heterocycles. The van der Waals surface area contributed by atoms with E-state index < -0.39 is 104 Å². The van der Waals surface area contributed by atoms with Crippen LogP contribution in [0.3, 0.4) is 0 Å². The predicted molar refractivity (Wildman–Crippen MR) is 185 cm³/mol. The zero-order valence-corrected chi connectivity index (χ0v) is 30.7. The fourth-order valence-corrected chi connectivity index (χ4v) is 6.28. The Hall–Kier alpha value is -5.34. The molecule has 300 valence electrons. The molecular weight excluding hydrogens is 730 g/mol. The smallest absolute Gasteiger partial charge is 0.410 e. The summed E-state index contributed by atoms with van der Waals surface area (Å²) in [5.41, 5.74) is 0.644. The topological polar surface area (TPSA) is 250 Å². The van der Waals surface area contributed by atoms with E-state index in [-0.39, 0.29) is 13.2 Å². The van der Waals surface area contributed by atoms with Gasteiger partial charge in [-0.15, -0.1) is 0 Å². The summed E-state index contributed by atoms with van der Waals surface area (Å²) in [5.74, 6) is -2.57. The maximum atomic E-state index is 13.4. The minimum Gasteiger partial charge on any atom is -0.463 e. The summed E-state index contributed by atoms with van der Waals surface area (Å²) < 4.78 is 38.5. The van der Waals surface area contributed by atoms with Gasteiger partial charge in [-0.25, -0.2) is 9.59 Å².